The average molecular weight is 335 g/mol. The minimum Gasteiger partial charge on any atom is -0.443 e. The summed E-state index contributed by atoms with van der Waals surface area (Å²) in [6.07, 6.45) is -1.68. The predicted molar refractivity (Wildman–Crippen MR) is 92.4 cm³/mol. The summed E-state index contributed by atoms with van der Waals surface area (Å²) >= 11 is 0. The fourth-order valence-electron chi connectivity index (χ4n) is 1.69. The number of imide groups is 1. The lowest BCUT2D eigenvalue weighted by molar-refractivity contribution is 0.0431. The molecule has 0 atom stereocenters. The van der Waals surface area contributed by atoms with Gasteiger partial charge in [0.15, 0.2) is 0 Å². The maximum absolute atomic E-state index is 12.4. The standard InChI is InChI=1S/C17H25N3O4/c1-16(2,3)23-14(21)20(15(22)24-17(4,5)6)12-9-7-11(8-10-12)13(18)19/h7-10H,1-6H3,(H3,18,19). The van der Waals surface area contributed by atoms with Gasteiger partial charge in [0.05, 0.1) is 5.69 Å². The summed E-state index contributed by atoms with van der Waals surface area (Å²) in [7, 11) is 0. The number of benzene rings is 1. The molecule has 7 nitrogen and oxygen atoms in total. The van der Waals surface area contributed by atoms with E-state index in [2.05, 4.69) is 0 Å². The number of ether oxygens (including phenoxy) is 2. The van der Waals surface area contributed by atoms with Crippen LogP contribution in [-0.2, 0) is 9.47 Å². The number of carbonyl (C=O) groups is 2. The number of hydrogen-bond donors (Lipinski definition) is 2. The third-order valence-electron chi connectivity index (χ3n) is 2.59. The van der Waals surface area contributed by atoms with Crippen molar-refractivity contribution in [3.8, 4) is 0 Å². The van der Waals surface area contributed by atoms with Crippen LogP contribution in [0.15, 0.2) is 24.3 Å². The highest BCUT2D eigenvalue weighted by atomic mass is 16.6. The molecule has 0 aliphatic carbocycles. The molecule has 1 rings (SSSR count). The molecule has 0 saturated carbocycles. The molecule has 0 heterocycles. The zero-order valence-corrected chi connectivity index (χ0v) is 15.0. The lowest BCUT2D eigenvalue weighted by Gasteiger charge is -2.28. The number of hydrogen-bond acceptors (Lipinski definition) is 5. The summed E-state index contributed by atoms with van der Waals surface area (Å²) in [4.78, 5) is 25.7. The lowest BCUT2D eigenvalue weighted by Crippen LogP contribution is -2.43. The minimum atomic E-state index is -0.840. The highest BCUT2D eigenvalue weighted by molar-refractivity contribution is 6.09. The van der Waals surface area contributed by atoms with Gasteiger partial charge >= 0.3 is 12.2 Å². The van der Waals surface area contributed by atoms with Crippen LogP contribution in [0.1, 0.15) is 47.1 Å². The molecule has 0 unspecified atom stereocenters. The molecule has 0 bridgehead atoms. The van der Waals surface area contributed by atoms with Crippen LogP contribution in [0.3, 0.4) is 0 Å². The molecule has 0 aromatic heterocycles. The van der Waals surface area contributed by atoms with Crippen LogP contribution in [0, 0.1) is 5.41 Å². The number of nitrogens with two attached hydrogens (primary N) is 1. The Hall–Kier alpha value is -2.57. The second-order valence-electron chi connectivity index (χ2n) is 7.26. The Bertz CT molecular complexity index is 597. The number of nitrogens with one attached hydrogen (secondary N) is 1. The van der Waals surface area contributed by atoms with Gasteiger partial charge in [0.2, 0.25) is 0 Å². The summed E-state index contributed by atoms with van der Waals surface area (Å²) in [6, 6.07) is 6.09. The van der Waals surface area contributed by atoms with Gasteiger partial charge in [-0.15, -0.1) is 0 Å². The van der Waals surface area contributed by atoms with E-state index in [4.69, 9.17) is 20.6 Å². The fourth-order valence-corrected chi connectivity index (χ4v) is 1.69. The van der Waals surface area contributed by atoms with Gasteiger partial charge in [0, 0.05) is 5.56 Å². The van der Waals surface area contributed by atoms with Crippen LogP contribution in [0.4, 0.5) is 15.3 Å². The highest BCUT2D eigenvalue weighted by Crippen LogP contribution is 2.22. The highest BCUT2D eigenvalue weighted by Gasteiger charge is 2.32. The van der Waals surface area contributed by atoms with Crippen LogP contribution in [0.2, 0.25) is 0 Å². The molecular formula is C17H25N3O4. The SMILES string of the molecule is CC(C)(C)OC(=O)N(C(=O)OC(C)(C)C)c1ccc(C(=N)N)cc1. The van der Waals surface area contributed by atoms with Crippen molar-refractivity contribution in [2.75, 3.05) is 4.90 Å². The van der Waals surface area contributed by atoms with Crippen molar-refractivity contribution >= 4 is 23.7 Å². The Morgan fingerprint density at radius 2 is 1.29 bits per heavy atom. The van der Waals surface area contributed by atoms with Gasteiger partial charge in [-0.05, 0) is 65.8 Å². The molecule has 7 heteroatoms. The zero-order valence-electron chi connectivity index (χ0n) is 15.0. The number of rotatable bonds is 2. The van der Waals surface area contributed by atoms with Crippen molar-refractivity contribution in [2.24, 2.45) is 5.73 Å². The molecule has 2 amide bonds. The smallest absolute Gasteiger partial charge is 0.424 e. The summed E-state index contributed by atoms with van der Waals surface area (Å²) in [5, 5.41) is 7.40. The Kier molecular flexibility index (Phi) is 5.60. The number of amides is 2. The van der Waals surface area contributed by atoms with Gasteiger partial charge in [-0.2, -0.15) is 4.90 Å². The fraction of sp³-hybridized carbons (Fsp3) is 0.471. The van der Waals surface area contributed by atoms with Crippen molar-refractivity contribution in [1.82, 2.24) is 0 Å². The summed E-state index contributed by atoms with van der Waals surface area (Å²) in [5.74, 6) is -0.109. The first-order valence-electron chi connectivity index (χ1n) is 7.51. The second kappa shape index (κ2) is 6.90. The first-order valence-corrected chi connectivity index (χ1v) is 7.51. The van der Waals surface area contributed by atoms with Gasteiger partial charge < -0.3 is 15.2 Å². The van der Waals surface area contributed by atoms with Crippen molar-refractivity contribution in [3.05, 3.63) is 29.8 Å². The Morgan fingerprint density at radius 3 is 1.58 bits per heavy atom. The molecule has 24 heavy (non-hydrogen) atoms. The van der Waals surface area contributed by atoms with Crippen LogP contribution in [-0.4, -0.2) is 29.2 Å². The van der Waals surface area contributed by atoms with Crippen molar-refractivity contribution in [3.63, 3.8) is 0 Å². The number of carbonyl (C=O) groups excluding carboxylic acids is 2. The third-order valence-corrected chi connectivity index (χ3v) is 2.59. The molecule has 0 aliphatic heterocycles. The first kappa shape index (κ1) is 19.5. The largest absolute Gasteiger partial charge is 0.443 e. The van der Waals surface area contributed by atoms with E-state index < -0.39 is 23.4 Å². The van der Waals surface area contributed by atoms with E-state index >= 15 is 0 Å². The molecule has 132 valence electrons. The van der Waals surface area contributed by atoms with E-state index in [1.807, 2.05) is 0 Å². The normalized spacial score (nSPS) is 11.6. The summed E-state index contributed by atoms with van der Waals surface area (Å²) in [6.45, 7) is 10.2. The molecule has 0 saturated heterocycles. The number of nitrogen functional groups attached to an aromatic ring is 1. The molecule has 0 radical (unpaired) electrons. The maximum atomic E-state index is 12.4. The van der Waals surface area contributed by atoms with Gasteiger partial charge in [-0.1, -0.05) is 0 Å². The molecule has 0 fully saturated rings. The topological polar surface area (TPSA) is 106 Å². The van der Waals surface area contributed by atoms with E-state index in [0.29, 0.717) is 5.56 Å². The van der Waals surface area contributed by atoms with E-state index in [-0.39, 0.29) is 11.5 Å². The van der Waals surface area contributed by atoms with Gasteiger partial charge in [0.1, 0.15) is 17.0 Å². The van der Waals surface area contributed by atoms with E-state index in [0.717, 1.165) is 4.90 Å². The molecule has 1 aromatic rings. The van der Waals surface area contributed by atoms with Gasteiger partial charge in [-0.3, -0.25) is 5.41 Å². The van der Waals surface area contributed by atoms with Crippen LogP contribution >= 0.6 is 0 Å². The Labute approximate surface area is 142 Å². The second-order valence-corrected chi connectivity index (χ2v) is 7.26. The Morgan fingerprint density at radius 1 is 0.917 bits per heavy atom. The van der Waals surface area contributed by atoms with Gasteiger partial charge in [-0.25, -0.2) is 9.59 Å². The summed E-state index contributed by atoms with van der Waals surface area (Å²) < 4.78 is 10.6. The number of anilines is 1. The van der Waals surface area contributed by atoms with E-state index in [9.17, 15) is 9.59 Å². The van der Waals surface area contributed by atoms with Crippen molar-refractivity contribution < 1.29 is 19.1 Å². The van der Waals surface area contributed by atoms with Crippen LogP contribution < -0.4 is 10.6 Å². The quantitative estimate of drug-likeness (QED) is 0.634. The molecular weight excluding hydrogens is 310 g/mol. The monoisotopic (exact) mass is 335 g/mol. The van der Waals surface area contributed by atoms with Crippen molar-refractivity contribution in [1.29, 1.82) is 5.41 Å². The first-order chi connectivity index (χ1) is 10.8. The van der Waals surface area contributed by atoms with E-state index in [1.165, 1.54) is 12.1 Å². The summed E-state index contributed by atoms with van der Waals surface area (Å²) in [5.41, 5.74) is 4.62. The molecule has 0 aliphatic rings. The average Bonchev–Trinajstić information content (AvgIpc) is 2.34. The molecule has 1 aromatic carbocycles. The van der Waals surface area contributed by atoms with Crippen molar-refractivity contribution in [2.45, 2.75) is 52.7 Å². The van der Waals surface area contributed by atoms with E-state index in [1.54, 1.807) is 53.7 Å². The number of amidine groups is 1. The molecule has 3 N–H and O–H groups in total. The minimum absolute atomic E-state index is 0.109. The predicted octanol–water partition coefficient (Wildman–Crippen LogP) is 3.65. The maximum Gasteiger partial charge on any atom is 0.424 e. The molecule has 0 spiro atoms. The lowest BCUT2D eigenvalue weighted by atomic mass is 10.2. The van der Waals surface area contributed by atoms with Gasteiger partial charge in [0.25, 0.3) is 0 Å². The van der Waals surface area contributed by atoms with Crippen LogP contribution in [0.5, 0.6) is 0 Å². The number of nitrogens with zero attached hydrogens (tertiary/aromatic N) is 1. The zero-order chi connectivity index (χ0) is 18.7. The third kappa shape index (κ3) is 5.91. The Balaban J connectivity index is 3.19. The van der Waals surface area contributed by atoms with Crippen LogP contribution in [0.25, 0.3) is 0 Å².